The summed E-state index contributed by atoms with van der Waals surface area (Å²) < 4.78 is 22.8. The van der Waals surface area contributed by atoms with Crippen LogP contribution >= 0.6 is 11.3 Å². The monoisotopic (exact) mass is 492 g/mol. The molecular formula is C26H24N2O6S. The predicted molar refractivity (Wildman–Crippen MR) is 133 cm³/mol. The number of hydrogen-bond donors (Lipinski definition) is 0. The van der Waals surface area contributed by atoms with Gasteiger partial charge in [-0.15, -0.1) is 11.3 Å². The number of anilines is 1. The fourth-order valence-electron chi connectivity index (χ4n) is 4.39. The quantitative estimate of drug-likeness (QED) is 0.373. The predicted octanol–water partition coefficient (Wildman–Crippen LogP) is 5.03. The maximum atomic E-state index is 13.9. The fraction of sp³-hybridized carbons (Fsp3) is 0.269. The molecule has 0 N–H and O–H groups in total. The van der Waals surface area contributed by atoms with Gasteiger partial charge in [0.15, 0.2) is 22.1 Å². The third kappa shape index (κ3) is 3.54. The molecule has 0 saturated heterocycles. The van der Waals surface area contributed by atoms with Gasteiger partial charge >= 0.3 is 0 Å². The van der Waals surface area contributed by atoms with E-state index in [-0.39, 0.29) is 22.3 Å². The summed E-state index contributed by atoms with van der Waals surface area (Å²) in [7, 11) is 3.07. The number of fused-ring (bicyclic) bond motifs is 2. The van der Waals surface area contributed by atoms with E-state index in [1.165, 1.54) is 23.3 Å². The van der Waals surface area contributed by atoms with Gasteiger partial charge in [0.05, 0.1) is 37.5 Å². The molecule has 1 unspecified atom stereocenters. The summed E-state index contributed by atoms with van der Waals surface area (Å²) in [6, 6.07) is 9.59. The van der Waals surface area contributed by atoms with E-state index >= 15 is 0 Å². The third-order valence-electron chi connectivity index (χ3n) is 6.11. The average molecular weight is 493 g/mol. The van der Waals surface area contributed by atoms with Crippen molar-refractivity contribution in [2.45, 2.75) is 26.8 Å². The Balaban J connectivity index is 1.82. The number of rotatable bonds is 6. The average Bonchev–Trinajstić information content (AvgIpc) is 3.34. The Bertz CT molecular complexity index is 1500. The largest absolute Gasteiger partial charge is 0.494 e. The Morgan fingerprint density at radius 2 is 1.91 bits per heavy atom. The molecule has 4 aromatic rings. The molecular weight excluding hydrogens is 468 g/mol. The van der Waals surface area contributed by atoms with E-state index in [1.807, 2.05) is 26.8 Å². The van der Waals surface area contributed by atoms with Crippen molar-refractivity contribution in [2.75, 3.05) is 25.7 Å². The number of methoxy groups -OCH3 is 2. The van der Waals surface area contributed by atoms with Gasteiger partial charge in [-0.1, -0.05) is 12.1 Å². The molecule has 2 aromatic heterocycles. The SMILES string of the molecule is CCOc1ccc2c(=O)c3c(oc2c1)C(=O)N(c1nc(C)c(C)s1)C3c1cccc(OC)c1OC. The van der Waals surface area contributed by atoms with Gasteiger partial charge in [0.25, 0.3) is 5.91 Å². The van der Waals surface area contributed by atoms with Gasteiger partial charge in [-0.05, 0) is 39.0 Å². The number of benzene rings is 2. The lowest BCUT2D eigenvalue weighted by atomic mass is 9.97. The van der Waals surface area contributed by atoms with Crippen LogP contribution in [-0.4, -0.2) is 31.7 Å². The Morgan fingerprint density at radius 3 is 2.57 bits per heavy atom. The Labute approximate surface area is 205 Å². The molecule has 0 bridgehead atoms. The highest BCUT2D eigenvalue weighted by molar-refractivity contribution is 7.15. The zero-order valence-electron chi connectivity index (χ0n) is 20.0. The summed E-state index contributed by atoms with van der Waals surface area (Å²) in [4.78, 5) is 34.8. The lowest BCUT2D eigenvalue weighted by molar-refractivity contribution is 0.0970. The van der Waals surface area contributed by atoms with Crippen LogP contribution in [0.3, 0.4) is 0 Å². The van der Waals surface area contributed by atoms with E-state index in [4.69, 9.17) is 18.6 Å². The molecule has 9 heteroatoms. The number of amides is 1. The first-order valence-electron chi connectivity index (χ1n) is 11.1. The minimum absolute atomic E-state index is 0.0171. The summed E-state index contributed by atoms with van der Waals surface area (Å²) in [5, 5.41) is 0.838. The maximum absolute atomic E-state index is 13.9. The molecule has 5 rings (SSSR count). The van der Waals surface area contributed by atoms with Crippen molar-refractivity contribution in [1.82, 2.24) is 4.98 Å². The number of ether oxygens (including phenoxy) is 3. The lowest BCUT2D eigenvalue weighted by Gasteiger charge is -2.25. The van der Waals surface area contributed by atoms with Crippen molar-refractivity contribution in [3.8, 4) is 17.2 Å². The van der Waals surface area contributed by atoms with E-state index < -0.39 is 11.9 Å². The van der Waals surface area contributed by atoms with Crippen molar-refractivity contribution in [1.29, 1.82) is 0 Å². The number of carbonyl (C=O) groups excluding carboxylic acids is 1. The number of aryl methyl sites for hydroxylation is 2. The van der Waals surface area contributed by atoms with E-state index in [2.05, 4.69) is 4.98 Å². The smallest absolute Gasteiger partial charge is 0.297 e. The molecule has 1 aliphatic rings. The van der Waals surface area contributed by atoms with E-state index in [0.29, 0.717) is 39.9 Å². The topological polar surface area (TPSA) is 91.1 Å². The number of nitrogens with zero attached hydrogens (tertiary/aromatic N) is 2. The van der Waals surface area contributed by atoms with Crippen LogP contribution in [0.4, 0.5) is 5.13 Å². The first kappa shape index (κ1) is 22.9. The van der Waals surface area contributed by atoms with Gasteiger partial charge in [0.2, 0.25) is 5.76 Å². The second-order valence-electron chi connectivity index (χ2n) is 8.06. The van der Waals surface area contributed by atoms with Crippen LogP contribution in [0.15, 0.2) is 45.6 Å². The van der Waals surface area contributed by atoms with Crippen LogP contribution in [0.1, 0.15) is 45.2 Å². The van der Waals surface area contributed by atoms with Gasteiger partial charge in [0.1, 0.15) is 17.4 Å². The minimum atomic E-state index is -0.806. The number of thiazole rings is 1. The summed E-state index contributed by atoms with van der Waals surface area (Å²) in [5.74, 6) is 1.02. The number of hydrogen-bond acceptors (Lipinski definition) is 8. The molecule has 8 nitrogen and oxygen atoms in total. The fourth-order valence-corrected chi connectivity index (χ4v) is 5.32. The second-order valence-corrected chi connectivity index (χ2v) is 9.25. The first-order chi connectivity index (χ1) is 16.9. The summed E-state index contributed by atoms with van der Waals surface area (Å²) >= 11 is 1.39. The third-order valence-corrected chi connectivity index (χ3v) is 7.18. The molecule has 0 saturated carbocycles. The van der Waals surface area contributed by atoms with Crippen molar-refractivity contribution >= 4 is 33.3 Å². The zero-order chi connectivity index (χ0) is 24.9. The van der Waals surface area contributed by atoms with Crippen LogP contribution in [0, 0.1) is 13.8 Å². The van der Waals surface area contributed by atoms with E-state index in [1.54, 1.807) is 37.4 Å². The van der Waals surface area contributed by atoms with Crippen molar-refractivity contribution in [3.63, 3.8) is 0 Å². The molecule has 0 fully saturated rings. The minimum Gasteiger partial charge on any atom is -0.494 e. The molecule has 3 heterocycles. The Kier molecular flexibility index (Phi) is 5.72. The van der Waals surface area contributed by atoms with Gasteiger partial charge in [-0.25, -0.2) is 4.98 Å². The first-order valence-corrected chi connectivity index (χ1v) is 11.9. The molecule has 0 spiro atoms. The van der Waals surface area contributed by atoms with Crippen molar-refractivity contribution in [2.24, 2.45) is 0 Å². The maximum Gasteiger partial charge on any atom is 0.297 e. The van der Waals surface area contributed by atoms with Crippen molar-refractivity contribution in [3.05, 3.63) is 74.1 Å². The van der Waals surface area contributed by atoms with Crippen LogP contribution in [0.25, 0.3) is 11.0 Å². The summed E-state index contributed by atoms with van der Waals surface area (Å²) in [5.41, 5.74) is 1.65. The Morgan fingerprint density at radius 1 is 1.11 bits per heavy atom. The van der Waals surface area contributed by atoms with Gasteiger partial charge in [-0.3, -0.25) is 14.5 Å². The number of carbonyl (C=O) groups is 1. The van der Waals surface area contributed by atoms with E-state index in [9.17, 15) is 9.59 Å². The van der Waals surface area contributed by atoms with Gasteiger partial charge in [0, 0.05) is 16.5 Å². The number of para-hydroxylation sites is 1. The highest BCUT2D eigenvalue weighted by atomic mass is 32.1. The van der Waals surface area contributed by atoms with Crippen LogP contribution in [-0.2, 0) is 0 Å². The molecule has 1 atom stereocenters. The van der Waals surface area contributed by atoms with Gasteiger partial charge in [-0.2, -0.15) is 0 Å². The van der Waals surface area contributed by atoms with Gasteiger partial charge < -0.3 is 18.6 Å². The molecule has 0 aliphatic carbocycles. The zero-order valence-corrected chi connectivity index (χ0v) is 20.8. The molecule has 1 aliphatic heterocycles. The summed E-state index contributed by atoms with van der Waals surface area (Å²) in [6.45, 7) is 6.16. The number of aromatic nitrogens is 1. The second kappa shape index (κ2) is 8.74. The highest BCUT2D eigenvalue weighted by Crippen LogP contribution is 2.47. The van der Waals surface area contributed by atoms with Crippen LogP contribution in [0.2, 0.25) is 0 Å². The molecule has 35 heavy (non-hydrogen) atoms. The summed E-state index contributed by atoms with van der Waals surface area (Å²) in [6.07, 6.45) is 0. The standard InChI is InChI=1S/C26H24N2O6S/c1-6-33-15-10-11-16-19(12-15)34-24-20(22(16)29)21(17-8-7-9-18(31-4)23(17)32-5)28(25(24)30)26-27-13(2)14(3)35-26/h7-12,21H,6H2,1-5H3. The lowest BCUT2D eigenvalue weighted by Crippen LogP contribution is -2.29. The van der Waals surface area contributed by atoms with Crippen molar-refractivity contribution < 1.29 is 23.4 Å². The Hall–Kier alpha value is -3.85. The van der Waals surface area contributed by atoms with E-state index in [0.717, 1.165) is 10.6 Å². The molecule has 1 amide bonds. The normalized spacial score (nSPS) is 14.9. The molecule has 180 valence electrons. The molecule has 2 aromatic carbocycles. The molecule has 0 radical (unpaired) electrons. The van der Waals surface area contributed by atoms with Crippen LogP contribution in [0.5, 0.6) is 17.2 Å². The highest BCUT2D eigenvalue weighted by Gasteiger charge is 2.46. The van der Waals surface area contributed by atoms with Crippen LogP contribution < -0.4 is 24.5 Å².